The molecule has 0 bridgehead atoms. The van der Waals surface area contributed by atoms with E-state index in [1.165, 1.54) is 18.6 Å². The number of aromatic hydroxyl groups is 1. The van der Waals surface area contributed by atoms with Crippen LogP contribution in [-0.2, 0) is 0 Å². The molecule has 2 N–H and O–H groups in total. The molecule has 1 aliphatic carbocycles. The van der Waals surface area contributed by atoms with E-state index in [1.54, 1.807) is 6.07 Å². The molecule has 1 aromatic rings. The molecule has 3 nitrogen and oxygen atoms in total. The number of benzene rings is 1. The summed E-state index contributed by atoms with van der Waals surface area (Å²) in [5.74, 6) is 0.943. The summed E-state index contributed by atoms with van der Waals surface area (Å²) in [6, 6.07) is 4.62. The molecule has 0 heterocycles. The van der Waals surface area contributed by atoms with Crippen molar-refractivity contribution >= 4 is 17.5 Å². The van der Waals surface area contributed by atoms with Gasteiger partial charge in [0.05, 0.1) is 10.6 Å². The molecule has 0 radical (unpaired) electrons. The fourth-order valence-electron chi connectivity index (χ4n) is 2.72. The van der Waals surface area contributed by atoms with Crippen molar-refractivity contribution in [3.63, 3.8) is 0 Å². The second kappa shape index (κ2) is 5.83. The molecular weight excluding hydrogens is 262 g/mol. The first-order valence-corrected chi connectivity index (χ1v) is 7.16. The van der Waals surface area contributed by atoms with Crippen molar-refractivity contribution in [2.45, 2.75) is 39.2 Å². The van der Waals surface area contributed by atoms with Crippen molar-refractivity contribution in [2.75, 3.05) is 0 Å². The second-order valence-corrected chi connectivity index (χ2v) is 5.92. The van der Waals surface area contributed by atoms with Crippen LogP contribution in [0.15, 0.2) is 18.2 Å². The Hall–Kier alpha value is -1.22. The van der Waals surface area contributed by atoms with Crippen LogP contribution in [0.25, 0.3) is 0 Å². The fourth-order valence-corrected chi connectivity index (χ4v) is 2.92. The van der Waals surface area contributed by atoms with Crippen molar-refractivity contribution in [3.8, 4) is 5.75 Å². The summed E-state index contributed by atoms with van der Waals surface area (Å²) in [6.07, 6.45) is 3.37. The summed E-state index contributed by atoms with van der Waals surface area (Å²) in [6.45, 7) is 4.41. The smallest absolute Gasteiger partial charge is 0.253 e. The molecule has 3 unspecified atom stereocenters. The van der Waals surface area contributed by atoms with E-state index in [4.69, 9.17) is 11.6 Å². The highest BCUT2D eigenvalue weighted by molar-refractivity contribution is 6.33. The minimum atomic E-state index is -0.202. The first-order chi connectivity index (χ1) is 8.99. The summed E-state index contributed by atoms with van der Waals surface area (Å²) >= 11 is 6.00. The van der Waals surface area contributed by atoms with Crippen LogP contribution in [0, 0.1) is 11.8 Å². The Morgan fingerprint density at radius 1 is 1.37 bits per heavy atom. The Bertz CT molecular complexity index is 475. The largest absolute Gasteiger partial charge is 0.508 e. The maximum Gasteiger partial charge on any atom is 0.253 e. The third-order valence-electron chi connectivity index (χ3n) is 4.22. The van der Waals surface area contributed by atoms with Crippen LogP contribution in [-0.4, -0.2) is 17.1 Å². The van der Waals surface area contributed by atoms with Gasteiger partial charge in [0.1, 0.15) is 5.75 Å². The third kappa shape index (κ3) is 3.21. The van der Waals surface area contributed by atoms with Crippen LogP contribution in [0.4, 0.5) is 0 Å². The SMILES string of the molecule is CC1CCCC(NC(=O)c2cc(O)ccc2Cl)C1C. The number of hydrogen-bond acceptors (Lipinski definition) is 2. The van der Waals surface area contributed by atoms with Crippen LogP contribution < -0.4 is 5.32 Å². The number of carbonyl (C=O) groups is 1. The molecule has 19 heavy (non-hydrogen) atoms. The number of rotatable bonds is 2. The summed E-state index contributed by atoms with van der Waals surface area (Å²) in [5.41, 5.74) is 0.340. The third-order valence-corrected chi connectivity index (χ3v) is 4.55. The zero-order valence-electron chi connectivity index (χ0n) is 11.3. The Morgan fingerprint density at radius 3 is 2.84 bits per heavy atom. The lowest BCUT2D eigenvalue weighted by Gasteiger charge is -2.34. The fraction of sp³-hybridized carbons (Fsp3) is 0.533. The molecule has 104 valence electrons. The van der Waals surface area contributed by atoms with E-state index in [1.807, 2.05) is 0 Å². The van der Waals surface area contributed by atoms with Gasteiger partial charge < -0.3 is 10.4 Å². The van der Waals surface area contributed by atoms with E-state index in [0.29, 0.717) is 22.4 Å². The standard InChI is InChI=1S/C15H20ClNO2/c1-9-4-3-5-14(10(9)2)17-15(19)12-8-11(18)6-7-13(12)16/h6-10,14,18H,3-5H2,1-2H3,(H,17,19). The van der Waals surface area contributed by atoms with Gasteiger partial charge in [0.15, 0.2) is 0 Å². The predicted molar refractivity (Wildman–Crippen MR) is 76.6 cm³/mol. The molecule has 1 fully saturated rings. The van der Waals surface area contributed by atoms with E-state index in [-0.39, 0.29) is 17.7 Å². The summed E-state index contributed by atoms with van der Waals surface area (Å²) in [4.78, 5) is 12.2. The number of amides is 1. The lowest BCUT2D eigenvalue weighted by atomic mass is 9.78. The highest BCUT2D eigenvalue weighted by Crippen LogP contribution is 2.30. The zero-order valence-corrected chi connectivity index (χ0v) is 12.1. The Balaban J connectivity index is 2.10. The first kappa shape index (κ1) is 14.2. The molecule has 3 atom stereocenters. The molecule has 2 rings (SSSR count). The van der Waals surface area contributed by atoms with Gasteiger partial charge in [-0.05, 0) is 36.5 Å². The topological polar surface area (TPSA) is 49.3 Å². The number of phenols is 1. The maximum atomic E-state index is 12.2. The van der Waals surface area contributed by atoms with Gasteiger partial charge in [0.25, 0.3) is 5.91 Å². The monoisotopic (exact) mass is 281 g/mol. The molecular formula is C15H20ClNO2. The summed E-state index contributed by atoms with van der Waals surface area (Å²) in [5, 5.41) is 12.9. The summed E-state index contributed by atoms with van der Waals surface area (Å²) in [7, 11) is 0. The van der Waals surface area contributed by atoms with Gasteiger partial charge in [-0.25, -0.2) is 0 Å². The van der Waals surface area contributed by atoms with Crippen molar-refractivity contribution in [1.82, 2.24) is 5.32 Å². The average molecular weight is 282 g/mol. The number of hydrogen-bond donors (Lipinski definition) is 2. The molecule has 0 spiro atoms. The lowest BCUT2D eigenvalue weighted by Crippen LogP contribution is -2.43. The lowest BCUT2D eigenvalue weighted by molar-refractivity contribution is 0.0891. The van der Waals surface area contributed by atoms with E-state index in [9.17, 15) is 9.90 Å². The Labute approximate surface area is 119 Å². The van der Waals surface area contributed by atoms with E-state index >= 15 is 0 Å². The normalized spacial score (nSPS) is 27.0. The van der Waals surface area contributed by atoms with Gasteiger partial charge in [-0.2, -0.15) is 0 Å². The summed E-state index contributed by atoms with van der Waals surface area (Å²) < 4.78 is 0. The van der Waals surface area contributed by atoms with E-state index < -0.39 is 0 Å². The Kier molecular flexibility index (Phi) is 4.35. The maximum absolute atomic E-state index is 12.2. The van der Waals surface area contributed by atoms with Gasteiger partial charge in [-0.1, -0.05) is 38.3 Å². The molecule has 1 saturated carbocycles. The molecule has 0 aliphatic heterocycles. The number of carbonyl (C=O) groups excluding carboxylic acids is 1. The highest BCUT2D eigenvalue weighted by Gasteiger charge is 2.28. The second-order valence-electron chi connectivity index (χ2n) is 5.51. The van der Waals surface area contributed by atoms with Gasteiger partial charge in [-0.3, -0.25) is 4.79 Å². The number of nitrogens with one attached hydrogen (secondary N) is 1. The van der Waals surface area contributed by atoms with Gasteiger partial charge in [0.2, 0.25) is 0 Å². The average Bonchev–Trinajstić information content (AvgIpc) is 2.38. The van der Waals surface area contributed by atoms with Gasteiger partial charge in [-0.15, -0.1) is 0 Å². The predicted octanol–water partition coefficient (Wildman–Crippen LogP) is 3.60. The van der Waals surface area contributed by atoms with Crippen molar-refractivity contribution in [1.29, 1.82) is 0 Å². The van der Waals surface area contributed by atoms with Crippen molar-refractivity contribution in [2.24, 2.45) is 11.8 Å². The molecule has 4 heteroatoms. The van der Waals surface area contributed by atoms with Gasteiger partial charge >= 0.3 is 0 Å². The van der Waals surface area contributed by atoms with Crippen molar-refractivity contribution in [3.05, 3.63) is 28.8 Å². The number of halogens is 1. The molecule has 0 saturated heterocycles. The molecule has 1 aromatic carbocycles. The van der Waals surface area contributed by atoms with Gasteiger partial charge in [0, 0.05) is 6.04 Å². The van der Waals surface area contributed by atoms with E-state index in [2.05, 4.69) is 19.2 Å². The van der Waals surface area contributed by atoms with Crippen LogP contribution >= 0.6 is 11.6 Å². The van der Waals surface area contributed by atoms with Crippen LogP contribution in [0.3, 0.4) is 0 Å². The van der Waals surface area contributed by atoms with E-state index in [0.717, 1.165) is 12.8 Å². The van der Waals surface area contributed by atoms with Crippen LogP contribution in [0.1, 0.15) is 43.5 Å². The molecule has 1 aliphatic rings. The number of phenolic OH excluding ortho intramolecular Hbond substituents is 1. The quantitative estimate of drug-likeness (QED) is 0.870. The highest BCUT2D eigenvalue weighted by atomic mass is 35.5. The minimum Gasteiger partial charge on any atom is -0.508 e. The first-order valence-electron chi connectivity index (χ1n) is 6.78. The molecule has 1 amide bonds. The minimum absolute atomic E-state index is 0.0552. The van der Waals surface area contributed by atoms with Crippen molar-refractivity contribution < 1.29 is 9.90 Å². The Morgan fingerprint density at radius 2 is 2.11 bits per heavy atom. The zero-order chi connectivity index (χ0) is 14.0. The molecule has 0 aromatic heterocycles. The van der Waals surface area contributed by atoms with Crippen LogP contribution in [0.5, 0.6) is 5.75 Å². The van der Waals surface area contributed by atoms with Crippen LogP contribution in [0.2, 0.25) is 5.02 Å².